The number of hydrogen-bond donors (Lipinski definition) is 1. The number of carbonyl (C=O) groups is 1. The first-order valence-corrected chi connectivity index (χ1v) is 7.69. The maximum Gasteiger partial charge on any atom is 0.224 e. The minimum absolute atomic E-state index is 0. The fourth-order valence-corrected chi connectivity index (χ4v) is 2.15. The van der Waals surface area contributed by atoms with E-state index in [-0.39, 0.29) is 30.5 Å². The van der Waals surface area contributed by atoms with Gasteiger partial charge in [-0.05, 0) is 25.2 Å². The van der Waals surface area contributed by atoms with E-state index in [4.69, 9.17) is 15.2 Å². The van der Waals surface area contributed by atoms with Crippen LogP contribution in [0.2, 0.25) is 0 Å². The van der Waals surface area contributed by atoms with Gasteiger partial charge < -0.3 is 20.1 Å². The molecule has 1 amide bonds. The predicted octanol–water partition coefficient (Wildman–Crippen LogP) is 1.83. The van der Waals surface area contributed by atoms with Gasteiger partial charge in [-0.15, -0.1) is 12.4 Å². The first-order valence-electron chi connectivity index (χ1n) is 7.69. The Balaban J connectivity index is 0.00000400. The maximum atomic E-state index is 11.9. The second-order valence-electron chi connectivity index (χ2n) is 5.94. The Labute approximate surface area is 134 Å². The monoisotopic (exact) mass is 322 g/mol. The van der Waals surface area contributed by atoms with Gasteiger partial charge in [-0.3, -0.25) is 4.79 Å². The molecule has 0 bridgehead atoms. The summed E-state index contributed by atoms with van der Waals surface area (Å²) in [5.41, 5.74) is 5.99. The first kappa shape index (κ1) is 20.6. The third-order valence-corrected chi connectivity index (χ3v) is 3.92. The van der Waals surface area contributed by atoms with E-state index in [1.54, 1.807) is 4.90 Å². The van der Waals surface area contributed by atoms with Gasteiger partial charge in [0, 0.05) is 32.8 Å². The van der Waals surface area contributed by atoms with E-state index in [2.05, 4.69) is 13.8 Å². The second-order valence-corrected chi connectivity index (χ2v) is 5.94. The predicted molar refractivity (Wildman–Crippen MR) is 86.7 cm³/mol. The molecule has 126 valence electrons. The van der Waals surface area contributed by atoms with Crippen molar-refractivity contribution in [3.63, 3.8) is 0 Å². The van der Waals surface area contributed by atoms with Crippen LogP contribution in [0.4, 0.5) is 0 Å². The zero-order valence-corrected chi connectivity index (χ0v) is 14.4. The Morgan fingerprint density at radius 2 is 2.00 bits per heavy atom. The summed E-state index contributed by atoms with van der Waals surface area (Å²) in [6.45, 7) is 6.97. The van der Waals surface area contributed by atoms with E-state index in [0.717, 1.165) is 39.0 Å². The Kier molecular flexibility index (Phi) is 11.0. The molecular weight excluding hydrogens is 292 g/mol. The quantitative estimate of drug-likeness (QED) is 0.740. The van der Waals surface area contributed by atoms with Crippen LogP contribution in [0.1, 0.15) is 39.5 Å². The molecule has 0 saturated carbocycles. The molecule has 1 heterocycles. The highest BCUT2D eigenvalue weighted by Gasteiger charge is 2.16. The van der Waals surface area contributed by atoms with E-state index in [9.17, 15) is 4.79 Å². The number of halogens is 1. The summed E-state index contributed by atoms with van der Waals surface area (Å²) in [6, 6.07) is 0.156. The lowest BCUT2D eigenvalue weighted by Gasteiger charge is -2.24. The molecule has 21 heavy (non-hydrogen) atoms. The summed E-state index contributed by atoms with van der Waals surface area (Å²) < 4.78 is 11.0. The average molecular weight is 323 g/mol. The zero-order valence-electron chi connectivity index (χ0n) is 13.5. The van der Waals surface area contributed by atoms with Crippen LogP contribution in [-0.4, -0.2) is 56.4 Å². The van der Waals surface area contributed by atoms with Gasteiger partial charge in [0.15, 0.2) is 0 Å². The summed E-state index contributed by atoms with van der Waals surface area (Å²) in [5, 5.41) is 0. The molecule has 0 radical (unpaired) electrons. The van der Waals surface area contributed by atoms with Gasteiger partial charge in [0.1, 0.15) is 0 Å². The van der Waals surface area contributed by atoms with Crippen molar-refractivity contribution >= 4 is 18.3 Å². The van der Waals surface area contributed by atoms with Gasteiger partial charge in [-0.1, -0.05) is 13.8 Å². The number of nitrogens with two attached hydrogens (primary N) is 1. The molecule has 1 aliphatic heterocycles. The Hall–Kier alpha value is -0.360. The highest BCUT2D eigenvalue weighted by Crippen LogP contribution is 2.11. The van der Waals surface area contributed by atoms with E-state index < -0.39 is 0 Å². The molecule has 5 nitrogen and oxygen atoms in total. The van der Waals surface area contributed by atoms with Gasteiger partial charge in [0.2, 0.25) is 5.91 Å². The lowest BCUT2D eigenvalue weighted by Crippen LogP contribution is -2.35. The van der Waals surface area contributed by atoms with Crippen molar-refractivity contribution < 1.29 is 14.3 Å². The minimum atomic E-state index is 0. The zero-order chi connectivity index (χ0) is 15.0. The van der Waals surface area contributed by atoms with Crippen LogP contribution in [0, 0.1) is 5.92 Å². The van der Waals surface area contributed by atoms with Crippen molar-refractivity contribution in [2.24, 2.45) is 11.7 Å². The van der Waals surface area contributed by atoms with E-state index in [0.29, 0.717) is 18.9 Å². The van der Waals surface area contributed by atoms with E-state index in [1.165, 1.54) is 0 Å². The molecule has 1 unspecified atom stereocenters. The molecule has 1 atom stereocenters. The lowest BCUT2D eigenvalue weighted by molar-refractivity contribution is -0.132. The normalized spacial score (nSPS) is 17.4. The van der Waals surface area contributed by atoms with Crippen molar-refractivity contribution in [1.82, 2.24) is 4.90 Å². The van der Waals surface area contributed by atoms with Crippen LogP contribution < -0.4 is 5.73 Å². The van der Waals surface area contributed by atoms with E-state index >= 15 is 0 Å². The molecule has 1 rings (SSSR count). The molecule has 0 aromatic rings. The van der Waals surface area contributed by atoms with Crippen LogP contribution >= 0.6 is 12.4 Å². The van der Waals surface area contributed by atoms with Crippen LogP contribution in [0.3, 0.4) is 0 Å². The third kappa shape index (κ3) is 8.61. The molecular formula is C15H31ClN2O3. The maximum absolute atomic E-state index is 11.9. The summed E-state index contributed by atoms with van der Waals surface area (Å²) in [5.74, 6) is 0.586. The number of ether oxygens (including phenoxy) is 2. The van der Waals surface area contributed by atoms with Gasteiger partial charge in [0.25, 0.3) is 0 Å². The molecule has 0 aromatic heterocycles. The second kappa shape index (κ2) is 11.2. The molecule has 2 N–H and O–H groups in total. The van der Waals surface area contributed by atoms with Crippen molar-refractivity contribution in [3.8, 4) is 0 Å². The number of carbonyl (C=O) groups excluding carboxylic acids is 1. The highest BCUT2D eigenvalue weighted by atomic mass is 35.5. The molecule has 1 fully saturated rings. The largest absolute Gasteiger partial charge is 0.381 e. The lowest BCUT2D eigenvalue weighted by atomic mass is 10.0. The average Bonchev–Trinajstić information content (AvgIpc) is 2.45. The first-order chi connectivity index (χ1) is 9.50. The van der Waals surface area contributed by atoms with Gasteiger partial charge in [-0.2, -0.15) is 0 Å². The van der Waals surface area contributed by atoms with Crippen molar-refractivity contribution in [1.29, 1.82) is 0 Å². The van der Waals surface area contributed by atoms with Crippen LogP contribution in [0.25, 0.3) is 0 Å². The van der Waals surface area contributed by atoms with Crippen molar-refractivity contribution in [2.45, 2.75) is 51.7 Å². The fraction of sp³-hybridized carbons (Fsp3) is 0.933. The summed E-state index contributed by atoms with van der Waals surface area (Å²) >= 11 is 0. The number of rotatable bonds is 8. The van der Waals surface area contributed by atoms with Gasteiger partial charge in [0.05, 0.1) is 19.1 Å². The number of nitrogens with zero attached hydrogens (tertiary/aromatic N) is 1. The minimum Gasteiger partial charge on any atom is -0.381 e. The summed E-state index contributed by atoms with van der Waals surface area (Å²) in [4.78, 5) is 13.7. The Morgan fingerprint density at radius 1 is 1.38 bits per heavy atom. The Bertz CT molecular complexity index is 284. The van der Waals surface area contributed by atoms with Crippen LogP contribution in [0.15, 0.2) is 0 Å². The molecule has 6 heteroatoms. The molecule has 1 saturated heterocycles. The van der Waals surface area contributed by atoms with Crippen LogP contribution in [-0.2, 0) is 14.3 Å². The third-order valence-electron chi connectivity index (χ3n) is 3.92. The highest BCUT2D eigenvalue weighted by molar-refractivity contribution is 5.85. The van der Waals surface area contributed by atoms with Crippen molar-refractivity contribution in [2.75, 3.05) is 33.4 Å². The summed E-state index contributed by atoms with van der Waals surface area (Å²) in [6.07, 6.45) is 3.43. The fourth-order valence-electron chi connectivity index (χ4n) is 2.15. The van der Waals surface area contributed by atoms with Crippen molar-refractivity contribution in [3.05, 3.63) is 0 Å². The topological polar surface area (TPSA) is 64.8 Å². The molecule has 0 spiro atoms. The standard InChI is InChI=1S/C15H30N2O3.ClH/c1-12(2)14(16)4-8-17(3)15(18)7-11-20-13-5-9-19-10-6-13;/h12-14H,4-11,16H2,1-3H3;1H. The van der Waals surface area contributed by atoms with E-state index in [1.807, 2.05) is 7.05 Å². The molecule has 0 aromatic carbocycles. The van der Waals surface area contributed by atoms with Gasteiger partial charge >= 0.3 is 0 Å². The summed E-state index contributed by atoms with van der Waals surface area (Å²) in [7, 11) is 1.84. The number of hydrogen-bond acceptors (Lipinski definition) is 4. The SMILES string of the molecule is CC(C)C(N)CCN(C)C(=O)CCOC1CCOCC1.Cl. The smallest absolute Gasteiger partial charge is 0.224 e. The van der Waals surface area contributed by atoms with Crippen LogP contribution in [0.5, 0.6) is 0 Å². The molecule has 0 aliphatic carbocycles. The Morgan fingerprint density at radius 3 is 2.57 bits per heavy atom. The number of amides is 1. The van der Waals surface area contributed by atoms with Gasteiger partial charge in [-0.25, -0.2) is 0 Å². The molecule has 1 aliphatic rings.